The molecule has 1 heterocycles. The number of nitrogens with one attached hydrogen (secondary N) is 3. The van der Waals surface area contributed by atoms with E-state index in [9.17, 15) is 19.2 Å². The predicted octanol–water partition coefficient (Wildman–Crippen LogP) is 9.30. The first-order chi connectivity index (χ1) is 26.8. The molecule has 1 atom stereocenters. The maximum atomic E-state index is 13.8. The quantitative estimate of drug-likeness (QED) is 0.0445. The van der Waals surface area contributed by atoms with Crippen molar-refractivity contribution in [3.63, 3.8) is 0 Å². The minimum atomic E-state index is -0.520. The lowest BCUT2D eigenvalue weighted by Crippen LogP contribution is -2.30. The molecule has 0 aliphatic heterocycles. The van der Waals surface area contributed by atoms with E-state index in [1.54, 1.807) is 48.5 Å². The second-order valence-corrected chi connectivity index (χ2v) is 15.3. The summed E-state index contributed by atoms with van der Waals surface area (Å²) in [5.74, 6) is -0.926. The third kappa shape index (κ3) is 10.5. The first-order valence-corrected chi connectivity index (χ1v) is 20.0. The summed E-state index contributed by atoms with van der Waals surface area (Å²) in [6.07, 6.45) is 6.97. The van der Waals surface area contributed by atoms with Crippen molar-refractivity contribution in [3.8, 4) is 5.75 Å². The van der Waals surface area contributed by atoms with E-state index in [2.05, 4.69) is 16.0 Å². The molecule has 3 N–H and O–H groups in total. The molecule has 4 aromatic carbocycles. The third-order valence-corrected chi connectivity index (χ3v) is 11.6. The lowest BCUT2D eigenvalue weighted by atomic mass is 10.1. The smallest absolute Gasteiger partial charge is 0.341 e. The van der Waals surface area contributed by atoms with Gasteiger partial charge in [-0.25, -0.2) is 4.79 Å². The van der Waals surface area contributed by atoms with E-state index >= 15 is 0 Å². The number of benzene rings is 4. The Kier molecular flexibility index (Phi) is 13.6. The fourth-order valence-corrected chi connectivity index (χ4v) is 8.48. The topological polar surface area (TPSA) is 123 Å². The largest absolute Gasteiger partial charge is 0.489 e. The van der Waals surface area contributed by atoms with Crippen LogP contribution >= 0.6 is 23.1 Å². The van der Waals surface area contributed by atoms with Crippen LogP contribution < -0.4 is 20.7 Å². The van der Waals surface area contributed by atoms with Crippen LogP contribution in [0.4, 0.5) is 10.7 Å². The van der Waals surface area contributed by atoms with Crippen molar-refractivity contribution in [2.24, 2.45) is 0 Å². The zero-order chi connectivity index (χ0) is 38.6. The van der Waals surface area contributed by atoms with Crippen LogP contribution in [-0.4, -0.2) is 36.1 Å². The van der Waals surface area contributed by atoms with Gasteiger partial charge in [-0.1, -0.05) is 80.1 Å². The molecule has 5 aromatic rings. The molecule has 0 saturated heterocycles. The molecule has 55 heavy (non-hydrogen) atoms. The molecule has 9 nitrogen and oxygen atoms in total. The van der Waals surface area contributed by atoms with Gasteiger partial charge in [-0.2, -0.15) is 0 Å². The molecule has 1 aromatic heterocycles. The number of fused-ring (bicyclic) bond motifs is 1. The monoisotopic (exact) mass is 773 g/mol. The molecule has 11 heteroatoms. The molecule has 1 aliphatic rings. The Morgan fingerprint density at radius 3 is 2.29 bits per heavy atom. The molecule has 0 spiro atoms. The molecule has 3 amide bonds. The van der Waals surface area contributed by atoms with E-state index in [0.29, 0.717) is 46.2 Å². The molecule has 0 saturated carbocycles. The molecule has 0 fully saturated rings. The maximum Gasteiger partial charge on any atom is 0.341 e. The molecule has 0 bridgehead atoms. The average Bonchev–Trinajstić information content (AvgIpc) is 3.38. The average molecular weight is 774 g/mol. The second-order valence-electron chi connectivity index (χ2n) is 13.0. The summed E-state index contributed by atoms with van der Waals surface area (Å²) in [7, 11) is 1.36. The highest BCUT2D eigenvalue weighted by molar-refractivity contribution is 8.00. The van der Waals surface area contributed by atoms with Crippen LogP contribution in [0.15, 0.2) is 120 Å². The number of thioether (sulfide) groups is 1. The van der Waals surface area contributed by atoms with Gasteiger partial charge in [0.15, 0.2) is 0 Å². The number of aryl methyl sites for hydroxylation is 1. The van der Waals surface area contributed by atoms with Crippen molar-refractivity contribution >= 4 is 63.6 Å². The number of anilines is 2. The van der Waals surface area contributed by atoms with Crippen LogP contribution in [0, 0.1) is 0 Å². The minimum Gasteiger partial charge on any atom is -0.489 e. The number of hydrogen-bond donors (Lipinski definition) is 3. The van der Waals surface area contributed by atoms with Crippen LogP contribution in [0.3, 0.4) is 0 Å². The summed E-state index contributed by atoms with van der Waals surface area (Å²) in [5, 5.41) is 8.81. The van der Waals surface area contributed by atoms with Crippen LogP contribution in [0.25, 0.3) is 6.08 Å². The lowest BCUT2D eigenvalue weighted by Gasteiger charge is -2.16. The number of ether oxygens (including phenoxy) is 2. The third-order valence-electron chi connectivity index (χ3n) is 9.05. The van der Waals surface area contributed by atoms with Gasteiger partial charge in [-0.3, -0.25) is 14.4 Å². The number of hydrogen-bond acceptors (Lipinski definition) is 8. The van der Waals surface area contributed by atoms with E-state index in [0.717, 1.165) is 53.0 Å². The van der Waals surface area contributed by atoms with Crippen molar-refractivity contribution in [2.75, 3.05) is 17.7 Å². The van der Waals surface area contributed by atoms with Gasteiger partial charge in [0.2, 0.25) is 5.91 Å². The highest BCUT2D eigenvalue weighted by Crippen LogP contribution is 2.39. The molecule has 1 aliphatic carbocycles. The zero-order valence-electron chi connectivity index (χ0n) is 30.8. The Morgan fingerprint density at radius 1 is 0.836 bits per heavy atom. The number of methoxy groups -OCH3 is 1. The number of carbonyl (C=O) groups excluding carboxylic acids is 4. The Morgan fingerprint density at radius 2 is 1.56 bits per heavy atom. The Bertz CT molecular complexity index is 2150. The first kappa shape index (κ1) is 39.1. The minimum absolute atomic E-state index is 0.0476. The molecule has 282 valence electrons. The van der Waals surface area contributed by atoms with Crippen molar-refractivity contribution in [2.45, 2.75) is 62.2 Å². The summed E-state index contributed by atoms with van der Waals surface area (Å²) in [5.41, 5.74) is 4.14. The van der Waals surface area contributed by atoms with Gasteiger partial charge in [-0.05, 0) is 97.3 Å². The molecule has 1 unspecified atom stereocenters. The van der Waals surface area contributed by atoms with Gasteiger partial charge >= 0.3 is 5.97 Å². The Labute approximate surface area is 329 Å². The summed E-state index contributed by atoms with van der Waals surface area (Å²) in [6, 6.07) is 33.0. The molecule has 0 radical (unpaired) electrons. The Balaban J connectivity index is 1.16. The lowest BCUT2D eigenvalue weighted by molar-refractivity contribution is -0.116. The van der Waals surface area contributed by atoms with E-state index in [1.807, 2.05) is 73.7 Å². The van der Waals surface area contributed by atoms with E-state index < -0.39 is 23.0 Å². The van der Waals surface area contributed by atoms with Crippen LogP contribution in [0.5, 0.6) is 5.75 Å². The van der Waals surface area contributed by atoms with Crippen LogP contribution in [0.1, 0.15) is 74.9 Å². The number of carbonyl (C=O) groups is 4. The number of rotatable bonds is 14. The van der Waals surface area contributed by atoms with Crippen molar-refractivity contribution in [1.29, 1.82) is 0 Å². The van der Waals surface area contributed by atoms with Crippen molar-refractivity contribution in [3.05, 3.63) is 148 Å². The SMILES string of the molecule is CCC(Sc1cccc(NC(=O)/C(=C\c2ccc(OCc3ccccc3)cc2)NC(=O)c2ccccc2)c1)C(=O)Nc1sc2c(c1C(=O)OC)CCCCC2. The summed E-state index contributed by atoms with van der Waals surface area (Å²) in [4.78, 5) is 55.4. The fraction of sp³-hybridized carbons (Fsp3) is 0.227. The molecular formula is C44H43N3O6S2. The van der Waals surface area contributed by atoms with Gasteiger partial charge < -0.3 is 25.4 Å². The van der Waals surface area contributed by atoms with E-state index in [1.165, 1.54) is 30.2 Å². The van der Waals surface area contributed by atoms with Gasteiger partial charge in [0.1, 0.15) is 23.1 Å². The van der Waals surface area contributed by atoms with Crippen LogP contribution in [0.2, 0.25) is 0 Å². The van der Waals surface area contributed by atoms with Gasteiger partial charge in [0.25, 0.3) is 11.8 Å². The standard InChI is InChI=1S/C44H43N3O6S2/c1-3-37(42(50)47-43-39(44(51)52-2)35-20-11-6-12-21-38(35)55-43)54-34-19-13-18-32(27-34)45-41(49)36(46-40(48)31-16-9-5-10-17-31)26-29-22-24-33(25-23-29)53-28-30-14-7-4-8-15-30/h4-5,7-10,13-19,22-27,37H,3,6,11-12,20-21,28H2,1-2H3,(H,45,49)(H,46,48)(H,47,50)/b36-26+. The van der Waals surface area contributed by atoms with Crippen LogP contribution in [-0.2, 0) is 33.8 Å². The highest BCUT2D eigenvalue weighted by atomic mass is 32.2. The molecule has 6 rings (SSSR count). The Hall–Kier alpha value is -5.65. The van der Waals surface area contributed by atoms with Gasteiger partial charge in [0, 0.05) is 21.0 Å². The summed E-state index contributed by atoms with van der Waals surface area (Å²) in [6.45, 7) is 2.35. The van der Waals surface area contributed by atoms with Crippen molar-refractivity contribution < 1.29 is 28.7 Å². The molecular weight excluding hydrogens is 731 g/mol. The number of esters is 1. The highest BCUT2D eigenvalue weighted by Gasteiger charge is 2.28. The fourth-order valence-electron chi connectivity index (χ4n) is 6.18. The number of thiophene rings is 1. The maximum absolute atomic E-state index is 13.8. The van der Waals surface area contributed by atoms with Gasteiger partial charge in [-0.15, -0.1) is 23.1 Å². The second kappa shape index (κ2) is 19.1. The first-order valence-electron chi connectivity index (χ1n) is 18.3. The zero-order valence-corrected chi connectivity index (χ0v) is 32.4. The summed E-state index contributed by atoms with van der Waals surface area (Å²) < 4.78 is 11.0. The van der Waals surface area contributed by atoms with Crippen molar-refractivity contribution in [1.82, 2.24) is 5.32 Å². The van der Waals surface area contributed by atoms with E-state index in [4.69, 9.17) is 9.47 Å². The normalized spacial score (nSPS) is 13.1. The summed E-state index contributed by atoms with van der Waals surface area (Å²) >= 11 is 2.83. The van der Waals surface area contributed by atoms with E-state index in [-0.39, 0.29) is 11.6 Å². The predicted molar refractivity (Wildman–Crippen MR) is 220 cm³/mol. The van der Waals surface area contributed by atoms with Gasteiger partial charge in [0.05, 0.1) is 17.9 Å². The number of amides is 3.